The van der Waals surface area contributed by atoms with Gasteiger partial charge in [-0.3, -0.25) is 9.10 Å². The van der Waals surface area contributed by atoms with Crippen LogP contribution in [0.5, 0.6) is 11.5 Å². The Kier molecular flexibility index (Phi) is 7.47. The van der Waals surface area contributed by atoms with E-state index in [4.69, 9.17) is 14.2 Å². The molecule has 1 saturated heterocycles. The van der Waals surface area contributed by atoms with Gasteiger partial charge in [0.25, 0.3) is 0 Å². The van der Waals surface area contributed by atoms with Crippen LogP contribution in [0.4, 0.5) is 17.1 Å². The molecule has 32 heavy (non-hydrogen) atoms. The molecule has 1 aliphatic heterocycles. The van der Waals surface area contributed by atoms with Crippen LogP contribution in [0.25, 0.3) is 0 Å². The topological polar surface area (TPSA) is 97.4 Å². The van der Waals surface area contributed by atoms with Crippen molar-refractivity contribution in [3.05, 3.63) is 42.5 Å². The van der Waals surface area contributed by atoms with Crippen molar-refractivity contribution in [1.82, 2.24) is 0 Å². The van der Waals surface area contributed by atoms with Gasteiger partial charge in [-0.1, -0.05) is 0 Å². The van der Waals surface area contributed by atoms with Gasteiger partial charge < -0.3 is 24.4 Å². The molecule has 1 fully saturated rings. The normalized spacial score (nSPS) is 15.1. The number of methoxy groups -OCH3 is 2. The number of nitrogens with one attached hydrogen (secondary N) is 1. The quantitative estimate of drug-likeness (QED) is 0.642. The van der Waals surface area contributed by atoms with Crippen LogP contribution in [0.3, 0.4) is 0 Å². The summed E-state index contributed by atoms with van der Waals surface area (Å²) in [4.78, 5) is 15.2. The zero-order valence-electron chi connectivity index (χ0n) is 18.7. The van der Waals surface area contributed by atoms with Crippen molar-refractivity contribution in [2.45, 2.75) is 13.0 Å². The first-order chi connectivity index (χ1) is 15.2. The third-order valence-corrected chi connectivity index (χ3v) is 6.45. The fraction of sp³-hybridized carbons (Fsp3) is 0.409. The lowest BCUT2D eigenvalue weighted by molar-refractivity contribution is -0.116. The van der Waals surface area contributed by atoms with Gasteiger partial charge in [0, 0.05) is 30.5 Å². The highest BCUT2D eigenvalue weighted by atomic mass is 32.2. The Labute approximate surface area is 188 Å². The van der Waals surface area contributed by atoms with Gasteiger partial charge in [-0.15, -0.1) is 0 Å². The average Bonchev–Trinajstić information content (AvgIpc) is 2.79. The number of carbonyl (C=O) groups excluding carboxylic acids is 1. The number of morpholine rings is 1. The fourth-order valence-corrected chi connectivity index (χ4v) is 4.74. The molecule has 2 aromatic carbocycles. The maximum Gasteiger partial charge on any atom is 0.247 e. The van der Waals surface area contributed by atoms with Gasteiger partial charge in [0.2, 0.25) is 15.9 Å². The van der Waals surface area contributed by atoms with Gasteiger partial charge in [-0.05, 0) is 43.3 Å². The summed E-state index contributed by atoms with van der Waals surface area (Å²) >= 11 is 0. The van der Waals surface area contributed by atoms with Gasteiger partial charge in [-0.2, -0.15) is 0 Å². The maximum atomic E-state index is 13.0. The fourth-order valence-electron chi connectivity index (χ4n) is 3.57. The summed E-state index contributed by atoms with van der Waals surface area (Å²) < 4.78 is 42.3. The van der Waals surface area contributed by atoms with E-state index >= 15 is 0 Å². The highest BCUT2D eigenvalue weighted by Gasteiger charge is 2.31. The van der Waals surface area contributed by atoms with Crippen molar-refractivity contribution >= 4 is 33.0 Å². The summed E-state index contributed by atoms with van der Waals surface area (Å²) in [6.45, 7) is 4.52. The van der Waals surface area contributed by atoms with Crippen molar-refractivity contribution in [1.29, 1.82) is 0 Å². The van der Waals surface area contributed by atoms with Crippen molar-refractivity contribution in [2.75, 3.05) is 61.3 Å². The molecule has 1 atom stereocenters. The summed E-state index contributed by atoms with van der Waals surface area (Å²) in [6.07, 6.45) is 1.05. The predicted molar refractivity (Wildman–Crippen MR) is 124 cm³/mol. The number of carbonyl (C=O) groups is 1. The maximum absolute atomic E-state index is 13.0. The van der Waals surface area contributed by atoms with E-state index in [-0.39, 0.29) is 5.69 Å². The minimum absolute atomic E-state index is 0.222. The SMILES string of the molecule is COc1ccc(OC)c(N([C@H](C)C(=O)Nc2ccc(N3CCOCC3)cc2)S(C)(=O)=O)c1. The Morgan fingerprint density at radius 2 is 1.75 bits per heavy atom. The zero-order valence-corrected chi connectivity index (χ0v) is 19.5. The molecule has 0 bridgehead atoms. The molecule has 2 aromatic rings. The van der Waals surface area contributed by atoms with Crippen molar-refractivity contribution in [3.8, 4) is 11.5 Å². The Morgan fingerprint density at radius 3 is 2.31 bits per heavy atom. The first kappa shape index (κ1) is 23.7. The van der Waals surface area contributed by atoms with E-state index in [1.165, 1.54) is 27.2 Å². The molecule has 1 amide bonds. The van der Waals surface area contributed by atoms with Gasteiger partial charge in [0.15, 0.2) is 0 Å². The summed E-state index contributed by atoms with van der Waals surface area (Å²) in [5.41, 5.74) is 1.84. The number of amides is 1. The number of ether oxygens (including phenoxy) is 3. The van der Waals surface area contributed by atoms with Gasteiger partial charge in [-0.25, -0.2) is 8.42 Å². The number of rotatable bonds is 8. The molecule has 0 radical (unpaired) electrons. The minimum Gasteiger partial charge on any atom is -0.497 e. The van der Waals surface area contributed by atoms with Gasteiger partial charge >= 0.3 is 0 Å². The third kappa shape index (κ3) is 5.43. The van der Waals surface area contributed by atoms with Crippen LogP contribution in [0.15, 0.2) is 42.5 Å². The van der Waals surface area contributed by atoms with E-state index < -0.39 is 22.0 Å². The van der Waals surface area contributed by atoms with Crippen LogP contribution >= 0.6 is 0 Å². The second kappa shape index (κ2) is 10.1. The van der Waals surface area contributed by atoms with Crippen LogP contribution < -0.4 is 24.0 Å². The van der Waals surface area contributed by atoms with Gasteiger partial charge in [0.1, 0.15) is 17.5 Å². The molecular weight excluding hydrogens is 434 g/mol. The summed E-state index contributed by atoms with van der Waals surface area (Å²) in [5, 5.41) is 2.80. The molecule has 0 aliphatic carbocycles. The van der Waals surface area contributed by atoms with Crippen molar-refractivity contribution < 1.29 is 27.4 Å². The van der Waals surface area contributed by atoms with Crippen molar-refractivity contribution in [3.63, 3.8) is 0 Å². The molecule has 0 spiro atoms. The molecule has 0 aromatic heterocycles. The Hall–Kier alpha value is -2.98. The summed E-state index contributed by atoms with van der Waals surface area (Å²) in [6, 6.07) is 11.2. The minimum atomic E-state index is -3.81. The first-order valence-electron chi connectivity index (χ1n) is 10.2. The number of nitrogens with zero attached hydrogens (tertiary/aromatic N) is 2. The Bertz CT molecular complexity index is 1040. The van der Waals surface area contributed by atoms with Crippen LogP contribution in [0, 0.1) is 0 Å². The molecule has 174 valence electrons. The summed E-state index contributed by atoms with van der Waals surface area (Å²) in [7, 11) is -0.899. The van der Waals surface area contributed by atoms with Crippen LogP contribution in [0.2, 0.25) is 0 Å². The highest BCUT2D eigenvalue weighted by Crippen LogP contribution is 2.35. The number of sulfonamides is 1. The molecular formula is C22H29N3O6S. The van der Waals surface area contributed by atoms with Crippen LogP contribution in [0.1, 0.15) is 6.92 Å². The van der Waals surface area contributed by atoms with E-state index in [2.05, 4.69) is 10.2 Å². The highest BCUT2D eigenvalue weighted by molar-refractivity contribution is 7.92. The number of hydrogen-bond acceptors (Lipinski definition) is 7. The Morgan fingerprint density at radius 1 is 1.09 bits per heavy atom. The predicted octanol–water partition coefficient (Wildman–Crippen LogP) is 2.33. The van der Waals surface area contributed by atoms with Crippen LogP contribution in [-0.2, 0) is 19.6 Å². The second-order valence-electron chi connectivity index (χ2n) is 7.41. The number of hydrogen-bond donors (Lipinski definition) is 1. The van der Waals surface area contributed by atoms with E-state index in [0.29, 0.717) is 30.4 Å². The second-order valence-corrected chi connectivity index (χ2v) is 9.27. The lowest BCUT2D eigenvalue weighted by Gasteiger charge is -2.30. The number of benzene rings is 2. The largest absolute Gasteiger partial charge is 0.497 e. The standard InChI is InChI=1S/C22H29N3O6S/c1-16(25(32(4,27)28)20-15-19(29-2)9-10-21(20)30-3)22(26)23-17-5-7-18(8-6-17)24-11-13-31-14-12-24/h5-10,15-16H,11-14H2,1-4H3,(H,23,26)/t16-/m1/s1. The smallest absolute Gasteiger partial charge is 0.247 e. The van der Waals surface area contributed by atoms with Crippen LogP contribution in [-0.4, -0.2) is 67.1 Å². The van der Waals surface area contributed by atoms with Crippen molar-refractivity contribution in [2.24, 2.45) is 0 Å². The average molecular weight is 464 g/mol. The lowest BCUT2D eigenvalue weighted by atomic mass is 10.2. The lowest BCUT2D eigenvalue weighted by Crippen LogP contribution is -2.45. The monoisotopic (exact) mass is 463 g/mol. The molecule has 3 rings (SSSR count). The molecule has 1 N–H and O–H groups in total. The van der Waals surface area contributed by atoms with E-state index in [1.807, 2.05) is 12.1 Å². The third-order valence-electron chi connectivity index (χ3n) is 5.22. The Balaban J connectivity index is 1.82. The molecule has 1 aliphatic rings. The van der Waals surface area contributed by atoms with E-state index in [1.54, 1.807) is 24.3 Å². The molecule has 9 nitrogen and oxygen atoms in total. The summed E-state index contributed by atoms with van der Waals surface area (Å²) in [5.74, 6) is 0.283. The first-order valence-corrected chi connectivity index (χ1v) is 12.0. The van der Waals surface area contributed by atoms with Gasteiger partial charge in [0.05, 0.1) is 39.4 Å². The molecule has 10 heteroatoms. The number of anilines is 3. The van der Waals surface area contributed by atoms with E-state index in [0.717, 1.165) is 29.3 Å². The molecule has 1 heterocycles. The molecule has 0 unspecified atom stereocenters. The zero-order chi connectivity index (χ0) is 23.3. The van der Waals surface area contributed by atoms with E-state index in [9.17, 15) is 13.2 Å². The molecule has 0 saturated carbocycles.